The van der Waals surface area contributed by atoms with Crippen LogP contribution in [0.4, 0.5) is 0 Å². The van der Waals surface area contributed by atoms with Crippen LogP contribution in [0.5, 0.6) is 0 Å². The molecule has 0 aliphatic heterocycles. The molecule has 0 bridgehead atoms. The lowest BCUT2D eigenvalue weighted by Gasteiger charge is -2.26. The Kier molecular flexibility index (Phi) is 16.5. The van der Waals surface area contributed by atoms with Gasteiger partial charge in [-0.1, -0.05) is 13.8 Å². The number of nitrogens with one attached hydrogen (secondary N) is 2. The predicted molar refractivity (Wildman–Crippen MR) is 103 cm³/mol. The molecule has 0 unspecified atom stereocenters. The number of rotatable bonds is 17. The van der Waals surface area contributed by atoms with Gasteiger partial charge in [-0.05, 0) is 66.6 Å². The van der Waals surface area contributed by atoms with Gasteiger partial charge in [-0.15, -0.1) is 0 Å². The molecule has 0 fully saturated rings. The molecule has 0 amide bonds. The van der Waals surface area contributed by atoms with E-state index in [-0.39, 0.29) is 0 Å². The van der Waals surface area contributed by atoms with Crippen LogP contribution in [-0.4, -0.2) is 101 Å². The van der Waals surface area contributed by atoms with Gasteiger partial charge in [0.15, 0.2) is 0 Å². The van der Waals surface area contributed by atoms with E-state index >= 15 is 0 Å². The second kappa shape index (κ2) is 16.7. The van der Waals surface area contributed by atoms with Gasteiger partial charge in [0, 0.05) is 39.3 Å². The van der Waals surface area contributed by atoms with Crippen LogP contribution in [0.25, 0.3) is 0 Å². The molecule has 23 heavy (non-hydrogen) atoms. The van der Waals surface area contributed by atoms with E-state index in [1.165, 1.54) is 38.9 Å². The highest BCUT2D eigenvalue weighted by atomic mass is 15.2. The summed E-state index contributed by atoms with van der Waals surface area (Å²) in [4.78, 5) is 7.32. The zero-order valence-corrected chi connectivity index (χ0v) is 16.5. The SMILES string of the molecule is CCCNCCN(CCNCCC)CCN(C)CCCN(C)C. The molecule has 0 aromatic carbocycles. The Bertz CT molecular complexity index is 223. The van der Waals surface area contributed by atoms with Gasteiger partial charge in [0.2, 0.25) is 0 Å². The highest BCUT2D eigenvalue weighted by Crippen LogP contribution is 1.93. The second-order valence-corrected chi connectivity index (χ2v) is 6.80. The molecule has 0 radical (unpaired) electrons. The van der Waals surface area contributed by atoms with Gasteiger partial charge in [0.25, 0.3) is 0 Å². The quantitative estimate of drug-likeness (QED) is 0.392. The van der Waals surface area contributed by atoms with E-state index < -0.39 is 0 Å². The minimum atomic E-state index is 1.10. The Hall–Kier alpha value is -0.200. The molecule has 0 aliphatic rings. The maximum absolute atomic E-state index is 3.52. The molecule has 0 aliphatic carbocycles. The molecule has 0 rings (SSSR count). The zero-order chi connectivity index (χ0) is 17.3. The highest BCUT2D eigenvalue weighted by Gasteiger charge is 2.06. The van der Waals surface area contributed by atoms with Crippen molar-refractivity contribution in [1.82, 2.24) is 25.3 Å². The van der Waals surface area contributed by atoms with Crippen molar-refractivity contribution < 1.29 is 0 Å². The predicted octanol–water partition coefficient (Wildman–Crippen LogP) is 1.17. The first-order chi connectivity index (χ1) is 11.1. The number of hydrogen-bond donors (Lipinski definition) is 2. The third-order valence-corrected chi connectivity index (χ3v) is 4.01. The summed E-state index contributed by atoms with van der Waals surface area (Å²) in [5.41, 5.74) is 0. The molecular formula is C18H43N5. The van der Waals surface area contributed by atoms with E-state index in [0.717, 1.165) is 45.8 Å². The first-order valence-corrected chi connectivity index (χ1v) is 9.57. The first kappa shape index (κ1) is 22.8. The van der Waals surface area contributed by atoms with Crippen LogP contribution in [0.3, 0.4) is 0 Å². The minimum Gasteiger partial charge on any atom is -0.315 e. The van der Waals surface area contributed by atoms with E-state index in [1.807, 2.05) is 0 Å². The lowest BCUT2D eigenvalue weighted by Crippen LogP contribution is -2.41. The standard InChI is InChI=1S/C18H43N5/c1-6-9-19-11-15-23(16-12-20-10-7-2)18-17-22(5)14-8-13-21(3)4/h19-20H,6-18H2,1-5H3. The van der Waals surface area contributed by atoms with Gasteiger partial charge in [-0.2, -0.15) is 0 Å². The van der Waals surface area contributed by atoms with E-state index in [4.69, 9.17) is 0 Å². The van der Waals surface area contributed by atoms with Crippen LogP contribution in [0.1, 0.15) is 33.1 Å². The summed E-state index contributed by atoms with van der Waals surface area (Å²) in [7, 11) is 6.54. The molecule has 5 nitrogen and oxygen atoms in total. The Morgan fingerprint density at radius 2 is 1.17 bits per heavy atom. The van der Waals surface area contributed by atoms with Crippen molar-refractivity contribution in [3.63, 3.8) is 0 Å². The maximum atomic E-state index is 3.52. The van der Waals surface area contributed by atoms with Crippen LogP contribution in [0.2, 0.25) is 0 Å². The minimum absolute atomic E-state index is 1.10. The first-order valence-electron chi connectivity index (χ1n) is 9.57. The second-order valence-electron chi connectivity index (χ2n) is 6.80. The lowest BCUT2D eigenvalue weighted by atomic mass is 10.3. The van der Waals surface area contributed by atoms with Crippen LogP contribution in [0.15, 0.2) is 0 Å². The van der Waals surface area contributed by atoms with Crippen molar-refractivity contribution in [3.8, 4) is 0 Å². The molecule has 0 heterocycles. The Labute approximate surface area is 145 Å². The van der Waals surface area contributed by atoms with Crippen molar-refractivity contribution in [2.24, 2.45) is 0 Å². The van der Waals surface area contributed by atoms with Gasteiger partial charge in [0.05, 0.1) is 0 Å². The molecule has 0 saturated heterocycles. The topological polar surface area (TPSA) is 33.8 Å². The van der Waals surface area contributed by atoms with Crippen molar-refractivity contribution in [2.45, 2.75) is 33.1 Å². The summed E-state index contributed by atoms with van der Waals surface area (Å²) in [6.07, 6.45) is 3.68. The summed E-state index contributed by atoms with van der Waals surface area (Å²) < 4.78 is 0. The Morgan fingerprint density at radius 3 is 1.65 bits per heavy atom. The maximum Gasteiger partial charge on any atom is 0.0110 e. The lowest BCUT2D eigenvalue weighted by molar-refractivity contribution is 0.220. The number of hydrogen-bond acceptors (Lipinski definition) is 5. The van der Waals surface area contributed by atoms with Crippen LogP contribution >= 0.6 is 0 Å². The highest BCUT2D eigenvalue weighted by molar-refractivity contribution is 4.65. The fourth-order valence-corrected chi connectivity index (χ4v) is 2.49. The van der Waals surface area contributed by atoms with Crippen molar-refractivity contribution in [1.29, 1.82) is 0 Å². The van der Waals surface area contributed by atoms with Crippen LogP contribution in [-0.2, 0) is 0 Å². The smallest absolute Gasteiger partial charge is 0.0110 e. The zero-order valence-electron chi connectivity index (χ0n) is 16.5. The van der Waals surface area contributed by atoms with Crippen molar-refractivity contribution in [3.05, 3.63) is 0 Å². The molecule has 0 atom stereocenters. The molecule has 2 N–H and O–H groups in total. The van der Waals surface area contributed by atoms with Gasteiger partial charge >= 0.3 is 0 Å². The summed E-state index contributed by atoms with van der Waals surface area (Å²) >= 11 is 0. The van der Waals surface area contributed by atoms with E-state index in [2.05, 4.69) is 60.3 Å². The van der Waals surface area contributed by atoms with Crippen LogP contribution < -0.4 is 10.6 Å². The largest absolute Gasteiger partial charge is 0.315 e. The summed E-state index contributed by atoms with van der Waals surface area (Å²) in [6, 6.07) is 0. The molecule has 0 aromatic heterocycles. The van der Waals surface area contributed by atoms with Gasteiger partial charge < -0.3 is 20.4 Å². The molecular weight excluding hydrogens is 286 g/mol. The molecule has 0 aromatic rings. The van der Waals surface area contributed by atoms with E-state index in [0.29, 0.717) is 0 Å². The normalized spacial score (nSPS) is 12.0. The molecule has 0 saturated carbocycles. The van der Waals surface area contributed by atoms with Crippen molar-refractivity contribution >= 4 is 0 Å². The third-order valence-electron chi connectivity index (χ3n) is 4.01. The van der Waals surface area contributed by atoms with E-state index in [9.17, 15) is 0 Å². The van der Waals surface area contributed by atoms with Gasteiger partial charge in [-0.3, -0.25) is 4.90 Å². The molecule has 140 valence electrons. The third kappa shape index (κ3) is 16.4. The summed E-state index contributed by atoms with van der Waals surface area (Å²) in [5.74, 6) is 0. The number of likely N-dealkylation sites (N-methyl/N-ethyl adjacent to an activating group) is 1. The average Bonchev–Trinajstić information content (AvgIpc) is 2.52. The fourth-order valence-electron chi connectivity index (χ4n) is 2.49. The monoisotopic (exact) mass is 329 g/mol. The molecule has 5 heteroatoms. The number of nitrogens with zero attached hydrogens (tertiary/aromatic N) is 3. The summed E-state index contributed by atoms with van der Waals surface area (Å²) in [5, 5.41) is 7.04. The van der Waals surface area contributed by atoms with Gasteiger partial charge in [-0.25, -0.2) is 0 Å². The average molecular weight is 330 g/mol. The van der Waals surface area contributed by atoms with E-state index in [1.54, 1.807) is 0 Å². The van der Waals surface area contributed by atoms with Crippen molar-refractivity contribution in [2.75, 3.05) is 86.6 Å². The van der Waals surface area contributed by atoms with Crippen LogP contribution in [0, 0.1) is 0 Å². The molecule has 0 spiro atoms. The fraction of sp³-hybridized carbons (Fsp3) is 1.00. The van der Waals surface area contributed by atoms with Gasteiger partial charge in [0.1, 0.15) is 0 Å². The Morgan fingerprint density at radius 1 is 0.609 bits per heavy atom. The summed E-state index contributed by atoms with van der Waals surface area (Å²) in [6.45, 7) is 15.9. The Balaban J connectivity index is 3.91.